The highest BCUT2D eigenvalue weighted by molar-refractivity contribution is 5.95. The Morgan fingerprint density at radius 3 is 2.43 bits per heavy atom. The number of pyridine rings is 1. The number of nitrogens with zero attached hydrogens (tertiary/aromatic N) is 2. The minimum Gasteiger partial charge on any atom is -0.475 e. The predicted molar refractivity (Wildman–Crippen MR) is 118 cm³/mol. The Morgan fingerprint density at radius 2 is 1.86 bits per heavy atom. The van der Waals surface area contributed by atoms with Gasteiger partial charge in [0.25, 0.3) is 5.91 Å². The highest BCUT2D eigenvalue weighted by atomic mass is 19.4. The minimum atomic E-state index is -5.08. The third kappa shape index (κ3) is 6.53. The summed E-state index contributed by atoms with van der Waals surface area (Å²) in [5, 5.41) is 13.2. The number of carboxylic acids is 1. The average molecular weight is 496 g/mol. The number of rotatable bonds is 2. The van der Waals surface area contributed by atoms with E-state index in [0.717, 1.165) is 12.1 Å². The first kappa shape index (κ1) is 26.1. The number of aliphatic carboxylic acids is 1. The van der Waals surface area contributed by atoms with Gasteiger partial charge in [0, 0.05) is 49.0 Å². The molecule has 3 heterocycles. The van der Waals surface area contributed by atoms with Crippen molar-refractivity contribution in [3.63, 3.8) is 0 Å². The molecule has 2 aliphatic rings. The van der Waals surface area contributed by atoms with Crippen molar-refractivity contribution in [2.75, 3.05) is 25.0 Å². The summed E-state index contributed by atoms with van der Waals surface area (Å²) in [6.45, 7) is 6.15. The molecule has 0 atom stereocenters. The lowest BCUT2D eigenvalue weighted by Gasteiger charge is -2.39. The van der Waals surface area contributed by atoms with Crippen LogP contribution in [0.25, 0.3) is 11.3 Å². The summed E-state index contributed by atoms with van der Waals surface area (Å²) in [5.41, 5.74) is 2.62. The van der Waals surface area contributed by atoms with Crippen molar-refractivity contribution in [2.45, 2.75) is 38.4 Å². The predicted octanol–water partition coefficient (Wildman–Crippen LogP) is 3.23. The number of carbonyl (C=O) groups is 3. The van der Waals surface area contributed by atoms with Gasteiger partial charge in [0.2, 0.25) is 5.91 Å². The van der Waals surface area contributed by atoms with Crippen molar-refractivity contribution < 1.29 is 37.1 Å². The molecule has 2 aromatic rings. The number of aryl methyl sites for hydroxylation is 1. The number of piperazine rings is 1. The molecule has 4 rings (SSSR count). The molecule has 0 saturated carbocycles. The monoisotopic (exact) mass is 496 g/mol. The molecule has 2 aliphatic heterocycles. The number of hydrogen-bond donors (Lipinski definition) is 3. The molecule has 1 aromatic heterocycles. The van der Waals surface area contributed by atoms with Crippen molar-refractivity contribution in [1.29, 1.82) is 0 Å². The molecule has 188 valence electrons. The van der Waals surface area contributed by atoms with Gasteiger partial charge < -0.3 is 20.6 Å². The van der Waals surface area contributed by atoms with Crippen LogP contribution in [0.1, 0.15) is 36.2 Å². The van der Waals surface area contributed by atoms with Crippen LogP contribution in [0.2, 0.25) is 0 Å². The van der Waals surface area contributed by atoms with Gasteiger partial charge in [0.05, 0.1) is 11.3 Å². The van der Waals surface area contributed by atoms with E-state index >= 15 is 0 Å². The molecule has 8 nitrogen and oxygen atoms in total. The number of hydrogen-bond acceptors (Lipinski definition) is 5. The number of halogens is 4. The van der Waals surface area contributed by atoms with Crippen LogP contribution in [0, 0.1) is 5.82 Å². The van der Waals surface area contributed by atoms with Gasteiger partial charge >= 0.3 is 12.1 Å². The molecule has 1 aromatic carbocycles. The van der Waals surface area contributed by atoms with Crippen LogP contribution >= 0.6 is 0 Å². The standard InChI is InChI=1S/C21H23FN4O2.C2HF3O2/c1-21(2)12-26(8-7-24-21)20(28)14-3-5-17(23-11-14)15-9-13-4-6-19(27)25-18(13)10-16(15)22;3-2(4,5)1(6)7/h3,5,9-11,24H,4,6-8,12H2,1-2H3,(H,25,27);(H,6,7). The maximum absolute atomic E-state index is 14.6. The van der Waals surface area contributed by atoms with Gasteiger partial charge in [0.15, 0.2) is 0 Å². The van der Waals surface area contributed by atoms with Crippen molar-refractivity contribution in [3.05, 3.63) is 47.4 Å². The number of carboxylic acid groups (broad SMARTS) is 1. The van der Waals surface area contributed by atoms with Crippen LogP contribution in [0.3, 0.4) is 0 Å². The molecule has 1 fully saturated rings. The van der Waals surface area contributed by atoms with E-state index < -0.39 is 18.0 Å². The Balaban J connectivity index is 0.000000429. The molecule has 0 bridgehead atoms. The zero-order valence-electron chi connectivity index (χ0n) is 19.0. The fourth-order valence-corrected chi connectivity index (χ4v) is 3.78. The topological polar surface area (TPSA) is 112 Å². The molecule has 1 saturated heterocycles. The Morgan fingerprint density at radius 1 is 1.17 bits per heavy atom. The maximum Gasteiger partial charge on any atom is 0.490 e. The quantitative estimate of drug-likeness (QED) is 0.551. The van der Waals surface area contributed by atoms with Crippen LogP contribution in [-0.4, -0.2) is 64.1 Å². The highest BCUT2D eigenvalue weighted by Gasteiger charge is 2.38. The van der Waals surface area contributed by atoms with E-state index in [2.05, 4.69) is 29.5 Å². The number of nitrogens with one attached hydrogen (secondary N) is 2. The van der Waals surface area contributed by atoms with Crippen LogP contribution < -0.4 is 10.6 Å². The summed E-state index contributed by atoms with van der Waals surface area (Å²) in [6, 6.07) is 6.44. The summed E-state index contributed by atoms with van der Waals surface area (Å²) in [7, 11) is 0. The summed E-state index contributed by atoms with van der Waals surface area (Å²) in [5.74, 6) is -3.37. The second-order valence-electron chi connectivity index (χ2n) is 8.81. The number of fused-ring (bicyclic) bond motifs is 1. The fourth-order valence-electron chi connectivity index (χ4n) is 3.78. The zero-order chi connectivity index (χ0) is 26.0. The van der Waals surface area contributed by atoms with E-state index in [-0.39, 0.29) is 17.4 Å². The third-order valence-corrected chi connectivity index (χ3v) is 5.48. The molecular formula is C23H24F4N4O4. The van der Waals surface area contributed by atoms with Crippen molar-refractivity contribution in [1.82, 2.24) is 15.2 Å². The van der Waals surface area contributed by atoms with Crippen LogP contribution in [0.15, 0.2) is 30.5 Å². The molecule has 3 N–H and O–H groups in total. The normalized spacial score (nSPS) is 17.0. The summed E-state index contributed by atoms with van der Waals surface area (Å²) >= 11 is 0. The van der Waals surface area contributed by atoms with E-state index in [1.54, 1.807) is 18.2 Å². The Kier molecular flexibility index (Phi) is 7.44. The first-order valence-electron chi connectivity index (χ1n) is 10.7. The number of benzene rings is 1. The summed E-state index contributed by atoms with van der Waals surface area (Å²) < 4.78 is 46.3. The number of amides is 2. The Bertz CT molecular complexity index is 1130. The molecule has 35 heavy (non-hydrogen) atoms. The van der Waals surface area contributed by atoms with Crippen molar-refractivity contribution in [2.24, 2.45) is 0 Å². The van der Waals surface area contributed by atoms with Crippen LogP contribution in [0.4, 0.5) is 23.2 Å². The lowest BCUT2D eigenvalue weighted by Crippen LogP contribution is -2.58. The van der Waals surface area contributed by atoms with E-state index in [9.17, 15) is 27.2 Å². The van der Waals surface area contributed by atoms with Gasteiger partial charge in [-0.2, -0.15) is 13.2 Å². The molecule has 0 aliphatic carbocycles. The first-order chi connectivity index (χ1) is 16.3. The average Bonchev–Trinajstić information content (AvgIpc) is 2.77. The van der Waals surface area contributed by atoms with Gasteiger partial charge in [-0.15, -0.1) is 0 Å². The van der Waals surface area contributed by atoms with E-state index in [4.69, 9.17) is 9.90 Å². The van der Waals surface area contributed by atoms with Crippen molar-refractivity contribution in [3.8, 4) is 11.3 Å². The number of aromatic nitrogens is 1. The molecular weight excluding hydrogens is 472 g/mol. The van der Waals surface area contributed by atoms with Gasteiger partial charge in [0.1, 0.15) is 5.82 Å². The lowest BCUT2D eigenvalue weighted by molar-refractivity contribution is -0.192. The minimum absolute atomic E-state index is 0.0674. The molecule has 0 spiro atoms. The molecule has 2 amide bonds. The van der Waals surface area contributed by atoms with E-state index in [1.807, 2.05) is 4.90 Å². The molecule has 12 heteroatoms. The van der Waals surface area contributed by atoms with Crippen LogP contribution in [0.5, 0.6) is 0 Å². The number of alkyl halides is 3. The lowest BCUT2D eigenvalue weighted by atomic mass is 9.98. The van der Waals surface area contributed by atoms with Gasteiger partial charge in [-0.25, -0.2) is 9.18 Å². The number of carbonyl (C=O) groups excluding carboxylic acids is 2. The third-order valence-electron chi connectivity index (χ3n) is 5.48. The molecule has 0 unspecified atom stereocenters. The fraction of sp³-hybridized carbons (Fsp3) is 0.391. The SMILES string of the molecule is CC1(C)CN(C(=O)c2ccc(-c3cc4c(cc3F)NC(=O)CC4)nc2)CCN1.O=C(O)C(F)(F)F. The van der Waals surface area contributed by atoms with Crippen molar-refractivity contribution >= 4 is 23.5 Å². The Hall–Kier alpha value is -3.54. The van der Waals surface area contributed by atoms with E-state index in [0.29, 0.717) is 48.4 Å². The smallest absolute Gasteiger partial charge is 0.475 e. The van der Waals surface area contributed by atoms with Crippen LogP contribution in [-0.2, 0) is 16.0 Å². The zero-order valence-corrected chi connectivity index (χ0v) is 19.0. The first-order valence-corrected chi connectivity index (χ1v) is 10.7. The second kappa shape index (κ2) is 9.98. The largest absolute Gasteiger partial charge is 0.490 e. The van der Waals surface area contributed by atoms with Gasteiger partial charge in [-0.05, 0) is 50.1 Å². The highest BCUT2D eigenvalue weighted by Crippen LogP contribution is 2.31. The van der Waals surface area contributed by atoms with Gasteiger partial charge in [-0.1, -0.05) is 0 Å². The second-order valence-corrected chi connectivity index (χ2v) is 8.81. The summed E-state index contributed by atoms with van der Waals surface area (Å²) in [6.07, 6.45) is -2.61. The van der Waals surface area contributed by atoms with Gasteiger partial charge in [-0.3, -0.25) is 14.6 Å². The van der Waals surface area contributed by atoms with E-state index in [1.165, 1.54) is 12.3 Å². The summed E-state index contributed by atoms with van der Waals surface area (Å²) in [4.78, 5) is 39.3. The molecule has 0 radical (unpaired) electrons. The number of anilines is 1. The maximum atomic E-state index is 14.6. The Labute approximate surface area is 198 Å².